The standard InChI is InChI=1S/C9H12N2O/c1-4-7-6-8(9(12)5-2)11(3)10-7/h2,6,9,12H,4H2,1,3H3. The van der Waals surface area contributed by atoms with Crippen molar-refractivity contribution in [3.05, 3.63) is 17.5 Å². The lowest BCUT2D eigenvalue weighted by atomic mass is 10.2. The second-order valence-electron chi connectivity index (χ2n) is 2.61. The largest absolute Gasteiger partial charge is 0.374 e. The molecule has 0 fully saturated rings. The molecule has 0 spiro atoms. The first-order valence-electron chi connectivity index (χ1n) is 3.86. The van der Waals surface area contributed by atoms with Gasteiger partial charge in [0.25, 0.3) is 0 Å². The van der Waals surface area contributed by atoms with Crippen LogP contribution in [0.25, 0.3) is 0 Å². The van der Waals surface area contributed by atoms with Crippen molar-refractivity contribution in [3.8, 4) is 12.3 Å². The number of nitrogens with zero attached hydrogens (tertiary/aromatic N) is 2. The molecule has 3 nitrogen and oxygen atoms in total. The van der Waals surface area contributed by atoms with Crippen molar-refractivity contribution < 1.29 is 5.11 Å². The highest BCUT2D eigenvalue weighted by Crippen LogP contribution is 2.12. The van der Waals surface area contributed by atoms with E-state index in [4.69, 9.17) is 6.42 Å². The van der Waals surface area contributed by atoms with Crippen LogP contribution < -0.4 is 0 Å². The third-order valence-electron chi connectivity index (χ3n) is 1.77. The number of hydrogen-bond donors (Lipinski definition) is 1. The van der Waals surface area contributed by atoms with E-state index in [1.807, 2.05) is 13.0 Å². The van der Waals surface area contributed by atoms with E-state index in [-0.39, 0.29) is 0 Å². The van der Waals surface area contributed by atoms with Crippen molar-refractivity contribution in [1.82, 2.24) is 9.78 Å². The summed E-state index contributed by atoms with van der Waals surface area (Å²) in [6.07, 6.45) is 5.09. The fraction of sp³-hybridized carbons (Fsp3) is 0.444. The Labute approximate surface area is 72.0 Å². The first-order chi connectivity index (χ1) is 5.69. The lowest BCUT2D eigenvalue weighted by Crippen LogP contribution is -2.02. The molecule has 0 saturated carbocycles. The van der Waals surface area contributed by atoms with Crippen LogP contribution in [0.15, 0.2) is 6.07 Å². The number of terminal acetylenes is 1. The summed E-state index contributed by atoms with van der Waals surface area (Å²) >= 11 is 0. The van der Waals surface area contributed by atoms with Gasteiger partial charge in [0.1, 0.15) is 0 Å². The van der Waals surface area contributed by atoms with Crippen LogP contribution in [0.5, 0.6) is 0 Å². The van der Waals surface area contributed by atoms with Crippen LogP contribution in [0.2, 0.25) is 0 Å². The minimum Gasteiger partial charge on any atom is -0.374 e. The van der Waals surface area contributed by atoms with E-state index in [2.05, 4.69) is 11.0 Å². The highest BCUT2D eigenvalue weighted by Gasteiger charge is 2.09. The quantitative estimate of drug-likeness (QED) is 0.652. The third kappa shape index (κ3) is 1.49. The first-order valence-corrected chi connectivity index (χ1v) is 3.86. The van der Waals surface area contributed by atoms with Gasteiger partial charge in [0.05, 0.1) is 11.4 Å². The Kier molecular flexibility index (Phi) is 2.51. The second-order valence-corrected chi connectivity index (χ2v) is 2.61. The molecule has 0 aliphatic rings. The van der Waals surface area contributed by atoms with Gasteiger partial charge in [-0.05, 0) is 12.5 Å². The Morgan fingerprint density at radius 3 is 2.92 bits per heavy atom. The predicted molar refractivity (Wildman–Crippen MR) is 46.4 cm³/mol. The molecule has 1 aromatic rings. The molecule has 0 saturated heterocycles. The van der Waals surface area contributed by atoms with Crippen LogP contribution >= 0.6 is 0 Å². The monoisotopic (exact) mass is 164 g/mol. The molecule has 64 valence electrons. The summed E-state index contributed by atoms with van der Waals surface area (Å²) in [4.78, 5) is 0. The van der Waals surface area contributed by atoms with E-state index >= 15 is 0 Å². The maximum absolute atomic E-state index is 9.32. The molecule has 1 atom stereocenters. The Bertz CT molecular complexity index is 309. The van der Waals surface area contributed by atoms with Crippen molar-refractivity contribution in [3.63, 3.8) is 0 Å². The molecule has 0 aliphatic heterocycles. The van der Waals surface area contributed by atoms with Gasteiger partial charge < -0.3 is 5.11 Å². The van der Waals surface area contributed by atoms with E-state index in [0.717, 1.165) is 12.1 Å². The maximum atomic E-state index is 9.32. The number of hydrogen-bond acceptors (Lipinski definition) is 2. The molecule has 3 heteroatoms. The Hall–Kier alpha value is -1.27. The number of rotatable bonds is 2. The summed E-state index contributed by atoms with van der Waals surface area (Å²) in [5.41, 5.74) is 1.62. The van der Waals surface area contributed by atoms with E-state index in [1.54, 1.807) is 11.7 Å². The molecule has 12 heavy (non-hydrogen) atoms. The maximum Gasteiger partial charge on any atom is 0.156 e. The molecule has 1 rings (SSSR count). The fourth-order valence-corrected chi connectivity index (χ4v) is 1.06. The van der Waals surface area contributed by atoms with Gasteiger partial charge in [-0.25, -0.2) is 0 Å². The summed E-state index contributed by atoms with van der Waals surface area (Å²) in [7, 11) is 1.77. The molecule has 0 radical (unpaired) electrons. The highest BCUT2D eigenvalue weighted by molar-refractivity contribution is 5.18. The number of aliphatic hydroxyl groups excluding tert-OH is 1. The van der Waals surface area contributed by atoms with E-state index in [0.29, 0.717) is 5.69 Å². The Morgan fingerprint density at radius 2 is 2.50 bits per heavy atom. The number of aromatic nitrogens is 2. The zero-order chi connectivity index (χ0) is 9.14. The van der Waals surface area contributed by atoms with E-state index in [9.17, 15) is 5.11 Å². The molecule has 1 heterocycles. The highest BCUT2D eigenvalue weighted by atomic mass is 16.3. The molecule has 1 aromatic heterocycles. The summed E-state index contributed by atoms with van der Waals surface area (Å²) < 4.78 is 1.61. The average Bonchev–Trinajstić information content (AvgIpc) is 2.45. The van der Waals surface area contributed by atoms with Gasteiger partial charge >= 0.3 is 0 Å². The molecule has 1 unspecified atom stereocenters. The van der Waals surface area contributed by atoms with Crippen molar-refractivity contribution in [2.75, 3.05) is 0 Å². The lowest BCUT2D eigenvalue weighted by Gasteiger charge is -2.01. The summed E-state index contributed by atoms with van der Waals surface area (Å²) in [6.45, 7) is 2.01. The molecular weight excluding hydrogens is 152 g/mol. The normalized spacial score (nSPS) is 12.5. The van der Waals surface area contributed by atoms with Crippen molar-refractivity contribution in [1.29, 1.82) is 0 Å². The Balaban J connectivity index is 3.01. The zero-order valence-corrected chi connectivity index (χ0v) is 7.28. The minimum atomic E-state index is -0.845. The zero-order valence-electron chi connectivity index (χ0n) is 7.28. The van der Waals surface area contributed by atoms with Gasteiger partial charge in [0, 0.05) is 7.05 Å². The van der Waals surface area contributed by atoms with Gasteiger partial charge in [-0.1, -0.05) is 12.8 Å². The van der Waals surface area contributed by atoms with E-state index < -0.39 is 6.10 Å². The van der Waals surface area contributed by atoms with Crippen LogP contribution in [0.3, 0.4) is 0 Å². The molecule has 0 aromatic carbocycles. The fourth-order valence-electron chi connectivity index (χ4n) is 1.06. The third-order valence-corrected chi connectivity index (χ3v) is 1.77. The molecule has 1 N–H and O–H groups in total. The SMILES string of the molecule is C#CC(O)c1cc(CC)nn1C. The molecule has 0 aliphatic carbocycles. The van der Waals surface area contributed by atoms with Gasteiger partial charge in [-0.15, -0.1) is 6.42 Å². The van der Waals surface area contributed by atoms with Crippen LogP contribution in [0, 0.1) is 12.3 Å². The summed E-state index contributed by atoms with van der Waals surface area (Å²) in [5.74, 6) is 2.25. The summed E-state index contributed by atoms with van der Waals surface area (Å²) in [5, 5.41) is 13.5. The molecule has 0 amide bonds. The average molecular weight is 164 g/mol. The van der Waals surface area contributed by atoms with Gasteiger partial charge in [-0.2, -0.15) is 5.10 Å². The molecule has 0 bridgehead atoms. The summed E-state index contributed by atoms with van der Waals surface area (Å²) in [6, 6.07) is 1.82. The van der Waals surface area contributed by atoms with Gasteiger partial charge in [-0.3, -0.25) is 4.68 Å². The smallest absolute Gasteiger partial charge is 0.156 e. The Morgan fingerprint density at radius 1 is 1.83 bits per heavy atom. The predicted octanol–water partition coefficient (Wildman–Crippen LogP) is 0.649. The first kappa shape index (κ1) is 8.82. The minimum absolute atomic E-state index is 0.675. The van der Waals surface area contributed by atoms with Crippen LogP contribution in [-0.2, 0) is 13.5 Å². The second kappa shape index (κ2) is 3.42. The van der Waals surface area contributed by atoms with Crippen LogP contribution in [-0.4, -0.2) is 14.9 Å². The molecular formula is C9H12N2O. The number of aryl methyl sites for hydroxylation is 2. The van der Waals surface area contributed by atoms with E-state index in [1.165, 1.54) is 0 Å². The topological polar surface area (TPSA) is 38.1 Å². The van der Waals surface area contributed by atoms with Crippen molar-refractivity contribution >= 4 is 0 Å². The lowest BCUT2D eigenvalue weighted by molar-refractivity contribution is 0.228. The number of aliphatic hydroxyl groups is 1. The van der Waals surface area contributed by atoms with Crippen molar-refractivity contribution in [2.45, 2.75) is 19.4 Å². The van der Waals surface area contributed by atoms with Crippen LogP contribution in [0.1, 0.15) is 24.4 Å². The van der Waals surface area contributed by atoms with Crippen molar-refractivity contribution in [2.24, 2.45) is 7.05 Å². The van der Waals surface area contributed by atoms with Crippen LogP contribution in [0.4, 0.5) is 0 Å². The van der Waals surface area contributed by atoms with Gasteiger partial charge in [0.15, 0.2) is 6.10 Å². The van der Waals surface area contributed by atoms with Gasteiger partial charge in [0.2, 0.25) is 0 Å².